The van der Waals surface area contributed by atoms with Gasteiger partial charge in [-0.25, -0.2) is 0 Å². The van der Waals surface area contributed by atoms with Gasteiger partial charge in [-0.1, -0.05) is 36.4 Å². The molecule has 0 unspecified atom stereocenters. The summed E-state index contributed by atoms with van der Waals surface area (Å²) >= 11 is 0. The maximum Gasteiger partial charge on any atom is 0.416 e. The summed E-state index contributed by atoms with van der Waals surface area (Å²) in [5.74, 6) is -0.520. The summed E-state index contributed by atoms with van der Waals surface area (Å²) in [4.78, 5) is 12.1. The number of benzene rings is 3. The van der Waals surface area contributed by atoms with Crippen LogP contribution in [0, 0.1) is 0 Å². The third kappa shape index (κ3) is 5.03. The molecule has 1 N–H and O–H groups in total. The number of carbonyl (C=O) groups is 1. The van der Waals surface area contributed by atoms with Gasteiger partial charge in [0.1, 0.15) is 12.4 Å². The Morgan fingerprint density at radius 1 is 0.833 bits per heavy atom. The first kappa shape index (κ1) is 21.5. The van der Waals surface area contributed by atoms with Crippen LogP contribution in [-0.2, 0) is 12.4 Å². The Morgan fingerprint density at radius 3 is 2.07 bits per heavy atom. The minimum absolute atomic E-state index is 0.0230. The molecule has 158 valence electrons. The maximum absolute atomic E-state index is 12.9. The molecule has 0 aliphatic heterocycles. The zero-order valence-electron chi connectivity index (χ0n) is 15.3. The van der Waals surface area contributed by atoms with Gasteiger partial charge in [-0.15, -0.1) is 0 Å². The molecule has 0 radical (unpaired) electrons. The van der Waals surface area contributed by atoms with Crippen molar-refractivity contribution in [3.8, 4) is 5.75 Å². The van der Waals surface area contributed by atoms with Gasteiger partial charge in [-0.05, 0) is 29.7 Å². The molecular formula is C21H15F6NO2. The normalized spacial score (nSPS) is 12.1. The second-order valence-corrected chi connectivity index (χ2v) is 6.38. The first-order chi connectivity index (χ1) is 14.1. The molecule has 0 atom stereocenters. The standard InChI is InChI=1S/C21H15F6NO2/c22-20(23,24)15-10-14(11-16(12-15)21(25,26)27)19(29)28-8-9-30-18-7-3-5-13-4-1-2-6-17(13)18/h1-7,10-12H,8-9H2,(H,28,29). The fourth-order valence-corrected chi connectivity index (χ4v) is 2.84. The van der Waals surface area contributed by atoms with E-state index < -0.39 is 35.0 Å². The highest BCUT2D eigenvalue weighted by Crippen LogP contribution is 2.36. The minimum Gasteiger partial charge on any atom is -0.491 e. The minimum atomic E-state index is -5.02. The van der Waals surface area contributed by atoms with Crippen molar-refractivity contribution in [2.75, 3.05) is 13.2 Å². The third-order valence-electron chi connectivity index (χ3n) is 4.24. The number of carbonyl (C=O) groups excluding carboxylic acids is 1. The lowest BCUT2D eigenvalue weighted by Crippen LogP contribution is -2.28. The van der Waals surface area contributed by atoms with Crippen molar-refractivity contribution in [3.05, 3.63) is 77.4 Å². The average molecular weight is 427 g/mol. The van der Waals surface area contributed by atoms with Crippen LogP contribution in [0.4, 0.5) is 26.3 Å². The van der Waals surface area contributed by atoms with E-state index in [0.717, 1.165) is 10.8 Å². The maximum atomic E-state index is 12.9. The predicted molar refractivity (Wildman–Crippen MR) is 98.2 cm³/mol. The molecule has 3 rings (SSSR count). The molecule has 9 heteroatoms. The van der Waals surface area contributed by atoms with Gasteiger partial charge < -0.3 is 10.1 Å². The second kappa shape index (κ2) is 8.25. The molecule has 0 fully saturated rings. The van der Waals surface area contributed by atoms with Gasteiger partial charge in [0.2, 0.25) is 0 Å². The Bertz CT molecular complexity index is 1020. The Labute approximate surface area is 167 Å². The fraction of sp³-hybridized carbons (Fsp3) is 0.190. The van der Waals surface area contributed by atoms with Crippen molar-refractivity contribution in [1.82, 2.24) is 5.32 Å². The Hall–Kier alpha value is -3.23. The molecule has 3 nitrogen and oxygen atoms in total. The SMILES string of the molecule is O=C(NCCOc1cccc2ccccc12)c1cc(C(F)(F)F)cc(C(F)(F)F)c1. The van der Waals surface area contributed by atoms with Crippen molar-refractivity contribution in [1.29, 1.82) is 0 Å². The Balaban J connectivity index is 1.68. The van der Waals surface area contributed by atoms with E-state index >= 15 is 0 Å². The molecule has 3 aromatic carbocycles. The fourth-order valence-electron chi connectivity index (χ4n) is 2.84. The molecule has 0 aliphatic carbocycles. The van der Waals surface area contributed by atoms with E-state index in [1.807, 2.05) is 30.3 Å². The number of hydrogen-bond acceptors (Lipinski definition) is 2. The highest BCUT2D eigenvalue weighted by atomic mass is 19.4. The van der Waals surface area contributed by atoms with Gasteiger partial charge in [-0.3, -0.25) is 4.79 Å². The lowest BCUT2D eigenvalue weighted by molar-refractivity contribution is -0.143. The van der Waals surface area contributed by atoms with Gasteiger partial charge in [0.25, 0.3) is 5.91 Å². The van der Waals surface area contributed by atoms with Gasteiger partial charge >= 0.3 is 12.4 Å². The van der Waals surface area contributed by atoms with Gasteiger partial charge in [0.15, 0.2) is 0 Å². The smallest absolute Gasteiger partial charge is 0.416 e. The van der Waals surface area contributed by atoms with Crippen molar-refractivity contribution in [2.45, 2.75) is 12.4 Å². The van der Waals surface area contributed by atoms with Gasteiger partial charge in [0, 0.05) is 10.9 Å². The molecule has 0 spiro atoms. The summed E-state index contributed by atoms with van der Waals surface area (Å²) in [7, 11) is 0. The molecule has 1 amide bonds. The molecule has 0 heterocycles. The van der Waals surface area contributed by atoms with Crippen LogP contribution < -0.4 is 10.1 Å². The molecule has 0 aliphatic rings. The predicted octanol–water partition coefficient (Wildman–Crippen LogP) is 5.69. The van der Waals surface area contributed by atoms with Crippen LogP contribution in [0.3, 0.4) is 0 Å². The number of halogens is 6. The average Bonchev–Trinajstić information content (AvgIpc) is 2.69. The van der Waals surface area contributed by atoms with E-state index in [1.54, 1.807) is 12.1 Å². The van der Waals surface area contributed by atoms with E-state index in [-0.39, 0.29) is 19.2 Å². The lowest BCUT2D eigenvalue weighted by Gasteiger charge is -2.14. The molecule has 0 aromatic heterocycles. The third-order valence-corrected chi connectivity index (χ3v) is 4.24. The molecule has 3 aromatic rings. The first-order valence-electron chi connectivity index (χ1n) is 8.74. The van der Waals surface area contributed by atoms with Crippen LogP contribution in [0.5, 0.6) is 5.75 Å². The number of fused-ring (bicyclic) bond motifs is 1. The molecule has 30 heavy (non-hydrogen) atoms. The van der Waals surface area contributed by atoms with Crippen LogP contribution in [-0.4, -0.2) is 19.1 Å². The van der Waals surface area contributed by atoms with Crippen LogP contribution in [0.25, 0.3) is 10.8 Å². The van der Waals surface area contributed by atoms with Gasteiger partial charge in [-0.2, -0.15) is 26.3 Å². The quantitative estimate of drug-likeness (QED) is 0.420. The summed E-state index contributed by atoms with van der Waals surface area (Å²) in [6.07, 6.45) is -10.0. The van der Waals surface area contributed by atoms with Crippen molar-refractivity contribution >= 4 is 16.7 Å². The van der Waals surface area contributed by atoms with Crippen LogP contribution in [0.15, 0.2) is 60.7 Å². The highest BCUT2D eigenvalue weighted by molar-refractivity contribution is 5.94. The number of nitrogens with one attached hydrogen (secondary N) is 1. The number of alkyl halides is 6. The summed E-state index contributed by atoms with van der Waals surface area (Å²) in [5.41, 5.74) is -3.83. The lowest BCUT2D eigenvalue weighted by atomic mass is 10.0. The largest absolute Gasteiger partial charge is 0.491 e. The summed E-state index contributed by atoms with van der Waals surface area (Å²) in [6, 6.07) is 13.5. The van der Waals surface area contributed by atoms with Crippen molar-refractivity contribution in [3.63, 3.8) is 0 Å². The van der Waals surface area contributed by atoms with E-state index in [0.29, 0.717) is 17.9 Å². The molecular weight excluding hydrogens is 412 g/mol. The van der Waals surface area contributed by atoms with Gasteiger partial charge in [0.05, 0.1) is 17.7 Å². The van der Waals surface area contributed by atoms with E-state index in [2.05, 4.69) is 5.32 Å². The van der Waals surface area contributed by atoms with E-state index in [4.69, 9.17) is 4.74 Å². The van der Waals surface area contributed by atoms with Crippen molar-refractivity contribution < 1.29 is 35.9 Å². The number of ether oxygens (including phenoxy) is 1. The van der Waals surface area contributed by atoms with Crippen LogP contribution in [0.2, 0.25) is 0 Å². The van der Waals surface area contributed by atoms with E-state index in [1.165, 1.54) is 0 Å². The highest BCUT2D eigenvalue weighted by Gasteiger charge is 2.37. The number of amides is 1. The Kier molecular flexibility index (Phi) is 5.91. The molecule has 0 saturated carbocycles. The first-order valence-corrected chi connectivity index (χ1v) is 8.74. The zero-order valence-corrected chi connectivity index (χ0v) is 15.3. The zero-order chi connectivity index (χ0) is 21.9. The molecule has 0 bridgehead atoms. The summed E-state index contributed by atoms with van der Waals surface area (Å²) in [5, 5.41) is 4.04. The van der Waals surface area contributed by atoms with E-state index in [9.17, 15) is 31.1 Å². The monoisotopic (exact) mass is 427 g/mol. The molecule has 0 saturated heterocycles. The summed E-state index contributed by atoms with van der Waals surface area (Å²) in [6.45, 7) is -0.134. The summed E-state index contributed by atoms with van der Waals surface area (Å²) < 4.78 is 83.0. The Morgan fingerprint density at radius 2 is 1.43 bits per heavy atom. The van der Waals surface area contributed by atoms with Crippen LogP contribution >= 0.6 is 0 Å². The topological polar surface area (TPSA) is 38.3 Å². The van der Waals surface area contributed by atoms with Crippen LogP contribution in [0.1, 0.15) is 21.5 Å². The second-order valence-electron chi connectivity index (χ2n) is 6.38. The van der Waals surface area contributed by atoms with Crippen molar-refractivity contribution in [2.24, 2.45) is 0 Å². The number of rotatable bonds is 5. The number of hydrogen-bond donors (Lipinski definition) is 1.